The van der Waals surface area contributed by atoms with Crippen LogP contribution in [0, 0.1) is 0 Å². The Morgan fingerprint density at radius 2 is 2.18 bits per heavy atom. The molecule has 0 bridgehead atoms. The first-order chi connectivity index (χ1) is 10.2. The van der Waals surface area contributed by atoms with Gasteiger partial charge in [-0.3, -0.25) is 4.99 Å². The van der Waals surface area contributed by atoms with Crippen LogP contribution in [0.1, 0.15) is 19.8 Å². The van der Waals surface area contributed by atoms with Crippen LogP contribution in [-0.4, -0.2) is 59.1 Å². The van der Waals surface area contributed by atoms with Gasteiger partial charge in [0, 0.05) is 42.5 Å². The van der Waals surface area contributed by atoms with Gasteiger partial charge in [-0.1, -0.05) is 0 Å². The van der Waals surface area contributed by atoms with Crippen molar-refractivity contribution in [2.45, 2.75) is 24.5 Å². The third-order valence-corrected chi connectivity index (χ3v) is 6.52. The van der Waals surface area contributed by atoms with E-state index < -0.39 is 0 Å². The maximum Gasteiger partial charge on any atom is 0.191 e. The van der Waals surface area contributed by atoms with Gasteiger partial charge in [0.2, 0.25) is 0 Å². The molecule has 1 atom stereocenters. The molecule has 1 aromatic rings. The third kappa shape index (κ3) is 4.41. The van der Waals surface area contributed by atoms with Crippen LogP contribution < -0.4 is 10.6 Å². The molecule has 22 heavy (non-hydrogen) atoms. The number of nitrogens with zero attached hydrogens (tertiary/aromatic N) is 4. The Morgan fingerprint density at radius 3 is 2.77 bits per heavy atom. The average Bonchev–Trinajstić information content (AvgIpc) is 3.17. The Bertz CT molecular complexity index is 479. The molecule has 0 saturated carbocycles. The summed E-state index contributed by atoms with van der Waals surface area (Å²) >= 11 is 3.73. The molecule has 0 aromatic carbocycles. The fourth-order valence-electron chi connectivity index (χ4n) is 2.81. The van der Waals surface area contributed by atoms with Crippen molar-refractivity contribution in [2.75, 3.05) is 43.4 Å². The number of thioether (sulfide) groups is 1. The van der Waals surface area contributed by atoms with Crippen LogP contribution in [-0.2, 0) is 0 Å². The minimum Gasteiger partial charge on any atom is -0.370 e. The molecule has 0 spiro atoms. The molecule has 2 N–H and O–H groups in total. The van der Waals surface area contributed by atoms with Gasteiger partial charge in [-0.05, 0) is 25.5 Å². The number of anilines is 1. The second kappa shape index (κ2) is 8.05. The lowest BCUT2D eigenvalue weighted by Crippen LogP contribution is -2.51. The molecular formula is C14H24IN5S2. The van der Waals surface area contributed by atoms with E-state index in [0.29, 0.717) is 10.7 Å². The molecule has 2 saturated heterocycles. The number of aliphatic imine (C=N–C) groups is 1. The van der Waals surface area contributed by atoms with E-state index in [9.17, 15) is 0 Å². The molecule has 0 aliphatic carbocycles. The number of thiazole rings is 1. The quantitative estimate of drug-likeness (QED) is 0.433. The molecule has 1 aromatic heterocycles. The molecular weight excluding hydrogens is 429 g/mol. The van der Waals surface area contributed by atoms with E-state index >= 15 is 0 Å². The van der Waals surface area contributed by atoms with Crippen molar-refractivity contribution in [3.63, 3.8) is 0 Å². The van der Waals surface area contributed by atoms with Gasteiger partial charge < -0.3 is 15.5 Å². The Kier molecular flexibility index (Phi) is 6.63. The van der Waals surface area contributed by atoms with Crippen molar-refractivity contribution in [1.29, 1.82) is 0 Å². The number of guanidine groups is 1. The molecule has 8 heteroatoms. The predicted molar refractivity (Wildman–Crippen MR) is 108 cm³/mol. The lowest BCUT2D eigenvalue weighted by Gasteiger charge is -2.35. The van der Waals surface area contributed by atoms with E-state index in [4.69, 9.17) is 5.73 Å². The second-order valence-electron chi connectivity index (χ2n) is 5.87. The smallest absolute Gasteiger partial charge is 0.191 e. The van der Waals surface area contributed by atoms with Crippen LogP contribution in [0.25, 0.3) is 0 Å². The van der Waals surface area contributed by atoms with E-state index in [1.54, 1.807) is 11.3 Å². The van der Waals surface area contributed by atoms with Crippen LogP contribution in [0.3, 0.4) is 0 Å². The van der Waals surface area contributed by atoms with Crippen LogP contribution in [0.2, 0.25) is 0 Å². The summed E-state index contributed by atoms with van der Waals surface area (Å²) in [6, 6.07) is 0. The van der Waals surface area contributed by atoms with Crippen LogP contribution in [0.15, 0.2) is 16.6 Å². The summed E-state index contributed by atoms with van der Waals surface area (Å²) < 4.78 is 0.299. The Morgan fingerprint density at radius 1 is 1.41 bits per heavy atom. The van der Waals surface area contributed by atoms with Gasteiger partial charge in [-0.25, -0.2) is 4.98 Å². The van der Waals surface area contributed by atoms with Gasteiger partial charge >= 0.3 is 0 Å². The summed E-state index contributed by atoms with van der Waals surface area (Å²) in [6.45, 7) is 6.95. The molecule has 0 radical (unpaired) electrons. The number of nitrogens with two attached hydrogens (primary N) is 1. The number of halogens is 1. The summed E-state index contributed by atoms with van der Waals surface area (Å²) in [7, 11) is 0. The van der Waals surface area contributed by atoms with Crippen molar-refractivity contribution in [3.8, 4) is 0 Å². The number of aromatic nitrogens is 1. The maximum absolute atomic E-state index is 6.18. The Hall–Kier alpha value is -0.220. The molecule has 1 unspecified atom stereocenters. The second-order valence-corrected chi connectivity index (χ2v) is 8.42. The first kappa shape index (κ1) is 18.1. The number of rotatable bonds is 3. The Labute approximate surface area is 157 Å². The normalized spacial score (nSPS) is 26.1. The standard InChI is InChI=1S/C14H23N5S2.HI/c1-14(3-2-9-21-14)11-17-12(15)18-5-7-19(8-6-18)13-16-4-10-20-13;/h4,10H,2-3,5-9,11H2,1H3,(H2,15,17);1H. The average molecular weight is 453 g/mol. The summed E-state index contributed by atoms with van der Waals surface area (Å²) in [4.78, 5) is 13.6. The highest BCUT2D eigenvalue weighted by Crippen LogP contribution is 2.37. The van der Waals surface area contributed by atoms with Crippen molar-refractivity contribution in [2.24, 2.45) is 10.7 Å². The molecule has 5 nitrogen and oxygen atoms in total. The minimum absolute atomic E-state index is 0. The van der Waals surface area contributed by atoms with Gasteiger partial charge in [0.15, 0.2) is 11.1 Å². The van der Waals surface area contributed by atoms with Gasteiger partial charge in [0.25, 0.3) is 0 Å². The summed E-state index contributed by atoms with van der Waals surface area (Å²) in [5.41, 5.74) is 6.18. The van der Waals surface area contributed by atoms with E-state index in [1.165, 1.54) is 18.6 Å². The lowest BCUT2D eigenvalue weighted by molar-refractivity contribution is 0.380. The summed E-state index contributed by atoms with van der Waals surface area (Å²) in [6.07, 6.45) is 4.43. The maximum atomic E-state index is 6.18. The first-order valence-electron chi connectivity index (χ1n) is 7.50. The highest BCUT2D eigenvalue weighted by Gasteiger charge is 2.29. The first-order valence-corrected chi connectivity index (χ1v) is 9.36. The van der Waals surface area contributed by atoms with Crippen molar-refractivity contribution >= 4 is 58.2 Å². The third-order valence-electron chi connectivity index (χ3n) is 4.17. The fraction of sp³-hybridized carbons (Fsp3) is 0.714. The van der Waals surface area contributed by atoms with Crippen LogP contribution in [0.4, 0.5) is 5.13 Å². The topological polar surface area (TPSA) is 57.8 Å². The van der Waals surface area contributed by atoms with Crippen LogP contribution >= 0.6 is 47.1 Å². The van der Waals surface area contributed by atoms with Gasteiger partial charge in [0.1, 0.15) is 0 Å². The molecule has 0 amide bonds. The molecule has 2 aliphatic heterocycles. The van der Waals surface area contributed by atoms with Crippen molar-refractivity contribution in [1.82, 2.24) is 9.88 Å². The van der Waals surface area contributed by atoms with E-state index in [2.05, 4.69) is 26.7 Å². The molecule has 3 heterocycles. The molecule has 124 valence electrons. The van der Waals surface area contributed by atoms with E-state index in [1.807, 2.05) is 23.3 Å². The molecule has 2 aliphatic rings. The minimum atomic E-state index is 0. The molecule has 2 fully saturated rings. The largest absolute Gasteiger partial charge is 0.370 e. The fourth-order valence-corrected chi connectivity index (χ4v) is 4.73. The zero-order valence-electron chi connectivity index (χ0n) is 12.9. The molecule has 3 rings (SSSR count). The van der Waals surface area contributed by atoms with E-state index in [0.717, 1.165) is 37.9 Å². The Balaban J connectivity index is 0.00000176. The van der Waals surface area contributed by atoms with Gasteiger partial charge in [-0.2, -0.15) is 11.8 Å². The van der Waals surface area contributed by atoms with Crippen LogP contribution in [0.5, 0.6) is 0 Å². The highest BCUT2D eigenvalue weighted by molar-refractivity contribution is 14.0. The van der Waals surface area contributed by atoms with E-state index in [-0.39, 0.29) is 24.0 Å². The van der Waals surface area contributed by atoms with Gasteiger partial charge in [0.05, 0.1) is 6.54 Å². The van der Waals surface area contributed by atoms with Gasteiger partial charge in [-0.15, -0.1) is 35.3 Å². The number of hydrogen-bond donors (Lipinski definition) is 1. The zero-order valence-corrected chi connectivity index (χ0v) is 16.9. The van der Waals surface area contributed by atoms with Crippen molar-refractivity contribution in [3.05, 3.63) is 11.6 Å². The van der Waals surface area contributed by atoms with Crippen molar-refractivity contribution < 1.29 is 0 Å². The number of piperazine rings is 1. The predicted octanol–water partition coefficient (Wildman–Crippen LogP) is 2.48. The SMILES string of the molecule is CC1(CN=C(N)N2CCN(c3nccs3)CC2)CCCS1.I. The lowest BCUT2D eigenvalue weighted by atomic mass is 10.1. The summed E-state index contributed by atoms with van der Waals surface area (Å²) in [5, 5.41) is 3.14. The monoisotopic (exact) mass is 453 g/mol. The number of hydrogen-bond acceptors (Lipinski definition) is 5. The summed E-state index contributed by atoms with van der Waals surface area (Å²) in [5.74, 6) is 1.97. The zero-order chi connectivity index (χ0) is 14.7. The highest BCUT2D eigenvalue weighted by atomic mass is 127.